The number of nitrogens with one attached hydrogen (secondary N) is 1. The zero-order valence-corrected chi connectivity index (χ0v) is 11.0. The van der Waals surface area contributed by atoms with Crippen LogP contribution < -0.4 is 5.32 Å². The van der Waals surface area contributed by atoms with Gasteiger partial charge in [0.15, 0.2) is 0 Å². The van der Waals surface area contributed by atoms with E-state index in [1.807, 2.05) is 24.3 Å². The third-order valence-corrected chi connectivity index (χ3v) is 3.04. The van der Waals surface area contributed by atoms with Gasteiger partial charge in [-0.05, 0) is 35.4 Å². The Morgan fingerprint density at radius 1 is 1.11 bits per heavy atom. The molecule has 3 nitrogen and oxygen atoms in total. The maximum absolute atomic E-state index is 11.9. The fraction of sp³-hybridized carbons (Fsp3) is 0.133. The fourth-order valence-electron chi connectivity index (χ4n) is 1.72. The Labute approximate surface area is 116 Å². The highest BCUT2D eigenvalue weighted by atomic mass is 35.5. The van der Waals surface area contributed by atoms with Gasteiger partial charge in [0.1, 0.15) is 5.75 Å². The SMILES string of the molecule is O=C(NCc1cccc(CCl)c1)c1ccc(O)cc1. The molecule has 0 fully saturated rings. The highest BCUT2D eigenvalue weighted by molar-refractivity contribution is 6.17. The molecule has 0 atom stereocenters. The second kappa shape index (κ2) is 6.25. The van der Waals surface area contributed by atoms with E-state index in [4.69, 9.17) is 16.7 Å². The molecule has 0 aliphatic rings. The Bertz CT molecular complexity index is 567. The van der Waals surface area contributed by atoms with Gasteiger partial charge in [0.2, 0.25) is 0 Å². The van der Waals surface area contributed by atoms with Crippen molar-refractivity contribution in [1.29, 1.82) is 0 Å². The first kappa shape index (κ1) is 13.4. The van der Waals surface area contributed by atoms with E-state index in [9.17, 15) is 4.79 Å². The molecule has 98 valence electrons. The number of carbonyl (C=O) groups excluding carboxylic acids is 1. The molecule has 0 heterocycles. The van der Waals surface area contributed by atoms with E-state index in [2.05, 4.69) is 5.32 Å². The lowest BCUT2D eigenvalue weighted by atomic mass is 10.1. The fourth-order valence-corrected chi connectivity index (χ4v) is 1.89. The summed E-state index contributed by atoms with van der Waals surface area (Å²) in [5, 5.41) is 12.0. The number of hydrogen-bond donors (Lipinski definition) is 2. The van der Waals surface area contributed by atoms with Crippen LogP contribution in [0.5, 0.6) is 5.75 Å². The smallest absolute Gasteiger partial charge is 0.251 e. The molecule has 2 aromatic rings. The summed E-state index contributed by atoms with van der Waals surface area (Å²) < 4.78 is 0. The molecule has 1 amide bonds. The monoisotopic (exact) mass is 275 g/mol. The quantitative estimate of drug-likeness (QED) is 0.843. The van der Waals surface area contributed by atoms with Gasteiger partial charge < -0.3 is 10.4 Å². The van der Waals surface area contributed by atoms with Crippen LogP contribution in [-0.2, 0) is 12.4 Å². The van der Waals surface area contributed by atoms with Gasteiger partial charge >= 0.3 is 0 Å². The lowest BCUT2D eigenvalue weighted by molar-refractivity contribution is 0.0951. The summed E-state index contributed by atoms with van der Waals surface area (Å²) in [5.41, 5.74) is 2.55. The van der Waals surface area contributed by atoms with Gasteiger partial charge in [-0.2, -0.15) is 0 Å². The van der Waals surface area contributed by atoms with Crippen molar-refractivity contribution in [3.63, 3.8) is 0 Å². The Morgan fingerprint density at radius 2 is 1.79 bits per heavy atom. The third kappa shape index (κ3) is 3.73. The standard InChI is InChI=1S/C15H14ClNO2/c16-9-11-2-1-3-12(8-11)10-17-15(19)13-4-6-14(18)7-5-13/h1-8,18H,9-10H2,(H,17,19). The van der Waals surface area contributed by atoms with Crippen molar-refractivity contribution in [2.45, 2.75) is 12.4 Å². The van der Waals surface area contributed by atoms with Crippen molar-refractivity contribution in [2.75, 3.05) is 0 Å². The molecule has 0 unspecified atom stereocenters. The molecule has 0 aliphatic heterocycles. The number of phenolic OH excluding ortho intramolecular Hbond substituents is 1. The van der Waals surface area contributed by atoms with Gasteiger partial charge in [-0.1, -0.05) is 24.3 Å². The van der Waals surface area contributed by atoms with Gasteiger partial charge in [-0.15, -0.1) is 11.6 Å². The minimum absolute atomic E-state index is 0.145. The lowest BCUT2D eigenvalue weighted by Gasteiger charge is -2.06. The minimum Gasteiger partial charge on any atom is -0.508 e. The highest BCUT2D eigenvalue weighted by Gasteiger charge is 2.05. The first-order valence-corrected chi connectivity index (χ1v) is 6.43. The molecule has 2 aromatic carbocycles. The number of carbonyl (C=O) groups is 1. The van der Waals surface area contributed by atoms with Crippen molar-refractivity contribution in [3.05, 3.63) is 65.2 Å². The minimum atomic E-state index is -0.170. The van der Waals surface area contributed by atoms with Crippen LogP contribution in [0.1, 0.15) is 21.5 Å². The molecule has 0 saturated heterocycles. The normalized spacial score (nSPS) is 10.2. The van der Waals surface area contributed by atoms with Gasteiger partial charge in [0.05, 0.1) is 0 Å². The zero-order chi connectivity index (χ0) is 13.7. The second-order valence-corrected chi connectivity index (χ2v) is 4.45. The number of hydrogen-bond acceptors (Lipinski definition) is 2. The molecule has 0 spiro atoms. The van der Waals surface area contributed by atoms with E-state index in [-0.39, 0.29) is 11.7 Å². The summed E-state index contributed by atoms with van der Waals surface area (Å²) in [7, 11) is 0. The van der Waals surface area contributed by atoms with E-state index in [0.29, 0.717) is 18.0 Å². The molecule has 2 N–H and O–H groups in total. The molecule has 0 aromatic heterocycles. The average molecular weight is 276 g/mol. The van der Waals surface area contributed by atoms with Crippen molar-refractivity contribution >= 4 is 17.5 Å². The predicted molar refractivity (Wildman–Crippen MR) is 75.3 cm³/mol. The van der Waals surface area contributed by atoms with Crippen molar-refractivity contribution in [3.8, 4) is 5.75 Å². The van der Waals surface area contributed by atoms with E-state index in [1.165, 1.54) is 12.1 Å². The third-order valence-electron chi connectivity index (χ3n) is 2.73. The number of aromatic hydroxyl groups is 1. The van der Waals surface area contributed by atoms with E-state index < -0.39 is 0 Å². The van der Waals surface area contributed by atoms with Crippen LogP contribution in [0.15, 0.2) is 48.5 Å². The van der Waals surface area contributed by atoms with E-state index in [0.717, 1.165) is 11.1 Å². The molecular weight excluding hydrogens is 262 g/mol. The first-order valence-electron chi connectivity index (χ1n) is 5.90. The summed E-state index contributed by atoms with van der Waals surface area (Å²) >= 11 is 5.76. The second-order valence-electron chi connectivity index (χ2n) is 4.18. The number of phenols is 1. The van der Waals surface area contributed by atoms with Crippen molar-refractivity contribution in [1.82, 2.24) is 5.32 Å². The van der Waals surface area contributed by atoms with Crippen LogP contribution in [0, 0.1) is 0 Å². The molecule has 0 radical (unpaired) electrons. The first-order chi connectivity index (χ1) is 9.19. The topological polar surface area (TPSA) is 49.3 Å². The van der Waals surface area contributed by atoms with Crippen molar-refractivity contribution < 1.29 is 9.90 Å². The average Bonchev–Trinajstić information content (AvgIpc) is 2.46. The highest BCUT2D eigenvalue weighted by Crippen LogP contribution is 2.10. The number of amides is 1. The molecular formula is C15H14ClNO2. The van der Waals surface area contributed by atoms with E-state index >= 15 is 0 Å². The van der Waals surface area contributed by atoms with Crippen LogP contribution in [-0.4, -0.2) is 11.0 Å². The van der Waals surface area contributed by atoms with Crippen LogP contribution in [0.25, 0.3) is 0 Å². The number of alkyl halides is 1. The number of halogens is 1. The van der Waals surface area contributed by atoms with Gasteiger partial charge in [0.25, 0.3) is 5.91 Å². The van der Waals surface area contributed by atoms with Crippen LogP contribution in [0.4, 0.5) is 0 Å². The Balaban J connectivity index is 1.98. The van der Waals surface area contributed by atoms with Gasteiger partial charge in [0, 0.05) is 18.0 Å². The maximum Gasteiger partial charge on any atom is 0.251 e. The van der Waals surface area contributed by atoms with Gasteiger partial charge in [-0.3, -0.25) is 4.79 Å². The zero-order valence-electron chi connectivity index (χ0n) is 10.3. The number of benzene rings is 2. The Kier molecular flexibility index (Phi) is 4.42. The largest absolute Gasteiger partial charge is 0.508 e. The molecule has 2 rings (SSSR count). The molecule has 4 heteroatoms. The van der Waals surface area contributed by atoms with Crippen LogP contribution >= 0.6 is 11.6 Å². The summed E-state index contributed by atoms with van der Waals surface area (Å²) in [5.74, 6) is 0.433. The van der Waals surface area contributed by atoms with Crippen LogP contribution in [0.3, 0.4) is 0 Å². The summed E-state index contributed by atoms with van der Waals surface area (Å²) in [6.07, 6.45) is 0. The maximum atomic E-state index is 11.9. The van der Waals surface area contributed by atoms with Gasteiger partial charge in [-0.25, -0.2) is 0 Å². The van der Waals surface area contributed by atoms with E-state index in [1.54, 1.807) is 12.1 Å². The van der Waals surface area contributed by atoms with Crippen molar-refractivity contribution in [2.24, 2.45) is 0 Å². The molecule has 19 heavy (non-hydrogen) atoms. The summed E-state index contributed by atoms with van der Waals surface area (Å²) in [4.78, 5) is 11.9. The Hall–Kier alpha value is -2.00. The summed E-state index contributed by atoms with van der Waals surface area (Å²) in [6.45, 7) is 0.449. The summed E-state index contributed by atoms with van der Waals surface area (Å²) in [6, 6.07) is 13.9. The number of rotatable bonds is 4. The Morgan fingerprint density at radius 3 is 2.47 bits per heavy atom. The lowest BCUT2D eigenvalue weighted by Crippen LogP contribution is -2.22. The molecule has 0 bridgehead atoms. The molecule has 0 saturated carbocycles. The predicted octanol–water partition coefficient (Wildman–Crippen LogP) is 3.06. The molecule has 0 aliphatic carbocycles. The van der Waals surface area contributed by atoms with Crippen LogP contribution in [0.2, 0.25) is 0 Å².